The van der Waals surface area contributed by atoms with Gasteiger partial charge in [-0.25, -0.2) is 4.79 Å². The van der Waals surface area contributed by atoms with Gasteiger partial charge in [-0.05, 0) is 0 Å². The standard InChI is InChI=1S/CH2O3.BH3.Li.H/c2-1(3)4;;;/h(H2,2,3,4);1H3;;. The number of carboxylic acid groups (broad SMARTS) is 2. The summed E-state index contributed by atoms with van der Waals surface area (Å²) in [6, 6.07) is 0. The molecular formula is CH6BLiO3. The van der Waals surface area contributed by atoms with E-state index in [2.05, 4.69) is 0 Å². The molecule has 32 valence electrons. The summed E-state index contributed by atoms with van der Waals surface area (Å²) < 4.78 is 0. The van der Waals surface area contributed by atoms with Gasteiger partial charge in [0, 0.05) is 0 Å². The molecule has 0 aromatic rings. The van der Waals surface area contributed by atoms with E-state index < -0.39 is 6.16 Å². The molecule has 6 heavy (non-hydrogen) atoms. The Kier molecular flexibility index (Phi) is 24.8. The Morgan fingerprint density at radius 1 is 1.33 bits per heavy atom. The second-order valence-corrected chi connectivity index (χ2v) is 0.283. The van der Waals surface area contributed by atoms with Crippen molar-refractivity contribution in [3.8, 4) is 0 Å². The average Bonchev–Trinajstić information content (AvgIpc) is 0.811. The van der Waals surface area contributed by atoms with Crippen molar-refractivity contribution in [2.24, 2.45) is 0 Å². The first-order valence-electron chi connectivity index (χ1n) is 0.651. The Bertz CT molecular complexity index is 33.8. The van der Waals surface area contributed by atoms with Crippen LogP contribution in [0, 0.1) is 0 Å². The Labute approximate surface area is 49.1 Å². The number of carbonyl (C=O) groups is 1. The van der Waals surface area contributed by atoms with Gasteiger partial charge in [0.2, 0.25) is 0 Å². The second-order valence-electron chi connectivity index (χ2n) is 0.283. The molecule has 3 nitrogen and oxygen atoms in total. The van der Waals surface area contributed by atoms with Crippen molar-refractivity contribution in [3.05, 3.63) is 0 Å². The first kappa shape index (κ1) is 16.8. The maximum atomic E-state index is 8.56. The van der Waals surface area contributed by atoms with Crippen LogP contribution in [-0.4, -0.2) is 43.6 Å². The quantitative estimate of drug-likeness (QED) is 0.347. The first-order valence-corrected chi connectivity index (χ1v) is 0.651. The summed E-state index contributed by atoms with van der Waals surface area (Å²) in [5, 5.41) is 13.9. The minimum absolute atomic E-state index is 0. The first-order chi connectivity index (χ1) is 1.73. The zero-order valence-corrected chi connectivity index (χ0v) is 1.80. The van der Waals surface area contributed by atoms with Crippen molar-refractivity contribution < 1.29 is 15.0 Å². The molecule has 0 radical (unpaired) electrons. The van der Waals surface area contributed by atoms with Crippen LogP contribution in [0.2, 0.25) is 0 Å². The molecule has 0 fully saturated rings. The zero-order valence-electron chi connectivity index (χ0n) is 1.80. The van der Waals surface area contributed by atoms with Crippen LogP contribution in [-0.2, 0) is 0 Å². The van der Waals surface area contributed by atoms with Crippen LogP contribution >= 0.6 is 0 Å². The van der Waals surface area contributed by atoms with E-state index in [1.165, 1.54) is 0 Å². The Morgan fingerprint density at radius 2 is 1.33 bits per heavy atom. The van der Waals surface area contributed by atoms with Crippen molar-refractivity contribution in [1.82, 2.24) is 0 Å². The third-order valence-corrected chi connectivity index (χ3v) is 0. The van der Waals surface area contributed by atoms with Gasteiger partial charge in [0.25, 0.3) is 0 Å². The normalized spacial score (nSPS) is 4.00. The van der Waals surface area contributed by atoms with Gasteiger partial charge >= 0.3 is 25.0 Å². The maximum absolute atomic E-state index is 8.56. The van der Waals surface area contributed by atoms with Crippen LogP contribution in [0.15, 0.2) is 0 Å². The minimum atomic E-state index is -1.83. The van der Waals surface area contributed by atoms with Crippen LogP contribution in [0.25, 0.3) is 0 Å². The van der Waals surface area contributed by atoms with Gasteiger partial charge in [-0.3, -0.25) is 0 Å². The SMILES string of the molecule is B.O=C(O)O.[LiH]. The molecule has 0 aromatic carbocycles. The molecule has 0 spiro atoms. The summed E-state index contributed by atoms with van der Waals surface area (Å²) in [5.41, 5.74) is 0. The Hall–Kier alpha value is -0.0677. The zero-order chi connectivity index (χ0) is 3.58. The fourth-order valence-corrected chi connectivity index (χ4v) is 0. The predicted molar refractivity (Wildman–Crippen MR) is 27.7 cm³/mol. The van der Waals surface area contributed by atoms with Gasteiger partial charge in [-0.15, -0.1) is 0 Å². The van der Waals surface area contributed by atoms with E-state index in [4.69, 9.17) is 15.0 Å². The summed E-state index contributed by atoms with van der Waals surface area (Å²) in [7, 11) is 0. The molecule has 0 atom stereocenters. The molecule has 2 N–H and O–H groups in total. The molecule has 0 aromatic heterocycles. The van der Waals surface area contributed by atoms with E-state index in [0.717, 1.165) is 0 Å². The molecule has 0 saturated carbocycles. The Balaban J connectivity index is -0.0000000450. The summed E-state index contributed by atoms with van der Waals surface area (Å²) in [5.74, 6) is 0. The predicted octanol–water partition coefficient (Wildman–Crippen LogP) is -1.61. The molecule has 0 aliphatic rings. The van der Waals surface area contributed by atoms with E-state index in [1.54, 1.807) is 0 Å². The average molecular weight is 83.8 g/mol. The molecule has 0 unspecified atom stereocenters. The molecule has 0 amide bonds. The van der Waals surface area contributed by atoms with Gasteiger partial charge in [0.1, 0.15) is 0 Å². The van der Waals surface area contributed by atoms with Gasteiger partial charge in [-0.1, -0.05) is 0 Å². The van der Waals surface area contributed by atoms with E-state index in [1.807, 2.05) is 0 Å². The van der Waals surface area contributed by atoms with E-state index >= 15 is 0 Å². The molecule has 0 bridgehead atoms. The third-order valence-electron chi connectivity index (χ3n) is 0. The van der Waals surface area contributed by atoms with Crippen LogP contribution in [0.5, 0.6) is 0 Å². The van der Waals surface area contributed by atoms with Crippen molar-refractivity contribution >= 4 is 33.4 Å². The fraction of sp³-hybridized carbons (Fsp3) is 0. The summed E-state index contributed by atoms with van der Waals surface area (Å²) >= 11 is 0. The van der Waals surface area contributed by atoms with Crippen molar-refractivity contribution in [2.45, 2.75) is 0 Å². The fourth-order valence-electron chi connectivity index (χ4n) is 0. The molecule has 0 saturated heterocycles. The second kappa shape index (κ2) is 8.87. The summed E-state index contributed by atoms with van der Waals surface area (Å²) in [6.07, 6.45) is -1.83. The number of hydrogen-bond acceptors (Lipinski definition) is 1. The molecule has 0 aliphatic heterocycles. The van der Waals surface area contributed by atoms with Gasteiger partial charge in [0.15, 0.2) is 0 Å². The number of hydrogen-bond donors (Lipinski definition) is 2. The molecule has 0 aliphatic carbocycles. The number of rotatable bonds is 0. The summed E-state index contributed by atoms with van der Waals surface area (Å²) in [6.45, 7) is 0. The van der Waals surface area contributed by atoms with Crippen molar-refractivity contribution in [2.75, 3.05) is 0 Å². The molecule has 5 heteroatoms. The van der Waals surface area contributed by atoms with E-state index in [-0.39, 0.29) is 27.3 Å². The van der Waals surface area contributed by atoms with Gasteiger partial charge < -0.3 is 10.2 Å². The monoisotopic (exact) mass is 84.1 g/mol. The van der Waals surface area contributed by atoms with Crippen molar-refractivity contribution in [3.63, 3.8) is 0 Å². The topological polar surface area (TPSA) is 57.5 Å². The van der Waals surface area contributed by atoms with E-state index in [0.29, 0.717) is 0 Å². The third kappa shape index (κ3) is 7390. The van der Waals surface area contributed by atoms with Gasteiger partial charge in [0.05, 0.1) is 8.41 Å². The van der Waals surface area contributed by atoms with E-state index in [9.17, 15) is 0 Å². The van der Waals surface area contributed by atoms with Gasteiger partial charge in [-0.2, -0.15) is 0 Å². The molecule has 0 rings (SSSR count). The molecular weight excluding hydrogens is 77.8 g/mol. The summed E-state index contributed by atoms with van der Waals surface area (Å²) in [4.78, 5) is 8.56. The van der Waals surface area contributed by atoms with Crippen molar-refractivity contribution in [1.29, 1.82) is 0 Å². The molecule has 0 heterocycles. The Morgan fingerprint density at radius 3 is 1.33 bits per heavy atom. The van der Waals surface area contributed by atoms with Crippen LogP contribution in [0.1, 0.15) is 0 Å². The van der Waals surface area contributed by atoms with Crippen LogP contribution < -0.4 is 0 Å². The van der Waals surface area contributed by atoms with Crippen LogP contribution in [0.4, 0.5) is 4.79 Å². The van der Waals surface area contributed by atoms with Crippen LogP contribution in [0.3, 0.4) is 0 Å².